The van der Waals surface area contributed by atoms with Crippen molar-refractivity contribution in [2.24, 2.45) is 0 Å². The highest BCUT2D eigenvalue weighted by molar-refractivity contribution is 6.33. The first-order valence-corrected chi connectivity index (χ1v) is 7.64. The molecule has 2 aromatic rings. The van der Waals surface area contributed by atoms with Gasteiger partial charge in [0.25, 0.3) is 0 Å². The number of nitrogens with zero attached hydrogens (tertiary/aromatic N) is 1. The molecule has 24 heavy (non-hydrogen) atoms. The molecule has 2 amide bonds. The van der Waals surface area contributed by atoms with Gasteiger partial charge in [-0.05, 0) is 24.3 Å². The van der Waals surface area contributed by atoms with E-state index >= 15 is 0 Å². The van der Waals surface area contributed by atoms with E-state index in [-0.39, 0.29) is 25.2 Å². The van der Waals surface area contributed by atoms with Gasteiger partial charge in [-0.15, -0.1) is 0 Å². The topological polar surface area (TPSA) is 67.9 Å². The number of nitrogens with one attached hydrogen (secondary N) is 1. The number of ether oxygens (including phenoxy) is 2. The van der Waals surface area contributed by atoms with Gasteiger partial charge < -0.3 is 19.7 Å². The highest BCUT2D eigenvalue weighted by Crippen LogP contribution is 2.35. The standard InChI is InChI=1S/C17H15ClN2O4/c1-11(21)20(12-6-7-15-16(8-12)24-10-23-15)9-17(22)19-14-5-3-2-4-13(14)18/h2-8H,9-10H2,1H3,(H,19,22). The van der Waals surface area contributed by atoms with Crippen molar-refractivity contribution in [2.45, 2.75) is 6.92 Å². The average molecular weight is 347 g/mol. The van der Waals surface area contributed by atoms with Gasteiger partial charge in [-0.25, -0.2) is 0 Å². The van der Waals surface area contributed by atoms with Gasteiger partial charge in [-0.3, -0.25) is 9.59 Å². The van der Waals surface area contributed by atoms with Gasteiger partial charge >= 0.3 is 0 Å². The summed E-state index contributed by atoms with van der Waals surface area (Å²) in [4.78, 5) is 25.6. The van der Waals surface area contributed by atoms with Crippen molar-refractivity contribution in [3.63, 3.8) is 0 Å². The Morgan fingerprint density at radius 3 is 2.67 bits per heavy atom. The lowest BCUT2D eigenvalue weighted by molar-refractivity contribution is -0.120. The summed E-state index contributed by atoms with van der Waals surface area (Å²) in [5.41, 5.74) is 1.06. The summed E-state index contributed by atoms with van der Waals surface area (Å²) in [5, 5.41) is 3.13. The third-order valence-electron chi connectivity index (χ3n) is 3.50. The maximum atomic E-state index is 12.3. The maximum Gasteiger partial charge on any atom is 0.244 e. The van der Waals surface area contributed by atoms with Crippen molar-refractivity contribution >= 4 is 34.8 Å². The van der Waals surface area contributed by atoms with E-state index < -0.39 is 0 Å². The van der Waals surface area contributed by atoms with Crippen LogP contribution in [0.1, 0.15) is 6.92 Å². The third kappa shape index (κ3) is 3.44. The van der Waals surface area contributed by atoms with Crippen LogP contribution in [-0.4, -0.2) is 25.2 Å². The number of para-hydroxylation sites is 1. The van der Waals surface area contributed by atoms with E-state index in [9.17, 15) is 9.59 Å². The number of hydrogen-bond acceptors (Lipinski definition) is 4. The smallest absolute Gasteiger partial charge is 0.244 e. The number of halogens is 1. The van der Waals surface area contributed by atoms with Crippen LogP contribution in [0.15, 0.2) is 42.5 Å². The first-order chi connectivity index (χ1) is 11.5. The number of fused-ring (bicyclic) bond motifs is 1. The molecule has 124 valence electrons. The largest absolute Gasteiger partial charge is 0.454 e. The lowest BCUT2D eigenvalue weighted by Crippen LogP contribution is -2.36. The minimum absolute atomic E-state index is 0.139. The molecule has 1 aliphatic heterocycles. The number of amides is 2. The van der Waals surface area contributed by atoms with Crippen LogP contribution < -0.4 is 19.7 Å². The summed E-state index contributed by atoms with van der Waals surface area (Å²) in [6.45, 7) is 1.40. The second-order valence-corrected chi connectivity index (χ2v) is 5.58. The summed E-state index contributed by atoms with van der Waals surface area (Å²) in [7, 11) is 0. The molecule has 0 saturated carbocycles. The lowest BCUT2D eigenvalue weighted by Gasteiger charge is -2.21. The molecule has 6 nitrogen and oxygen atoms in total. The first-order valence-electron chi connectivity index (χ1n) is 7.27. The molecule has 0 spiro atoms. The van der Waals surface area contributed by atoms with Gasteiger partial charge in [0.2, 0.25) is 18.6 Å². The van der Waals surface area contributed by atoms with Crippen LogP contribution in [0.5, 0.6) is 11.5 Å². The number of rotatable bonds is 4. The van der Waals surface area contributed by atoms with Crippen LogP contribution in [0.25, 0.3) is 0 Å². The minimum Gasteiger partial charge on any atom is -0.454 e. The number of hydrogen-bond donors (Lipinski definition) is 1. The molecule has 1 N–H and O–H groups in total. The molecule has 7 heteroatoms. The number of carbonyl (C=O) groups excluding carboxylic acids is 2. The van der Waals surface area contributed by atoms with Crippen molar-refractivity contribution < 1.29 is 19.1 Å². The fraction of sp³-hybridized carbons (Fsp3) is 0.176. The molecule has 2 aromatic carbocycles. The summed E-state index contributed by atoms with van der Waals surface area (Å²) in [6, 6.07) is 12.0. The van der Waals surface area contributed by atoms with Crippen LogP contribution in [0, 0.1) is 0 Å². The molecule has 0 unspecified atom stereocenters. The van der Waals surface area contributed by atoms with E-state index in [1.807, 2.05) is 0 Å². The Labute approximate surface area is 143 Å². The monoisotopic (exact) mass is 346 g/mol. The average Bonchev–Trinajstić information content (AvgIpc) is 3.02. The van der Waals surface area contributed by atoms with Crippen LogP contribution in [0.2, 0.25) is 5.02 Å². The third-order valence-corrected chi connectivity index (χ3v) is 3.83. The zero-order chi connectivity index (χ0) is 17.1. The second-order valence-electron chi connectivity index (χ2n) is 5.17. The normalized spacial score (nSPS) is 11.9. The zero-order valence-electron chi connectivity index (χ0n) is 12.9. The predicted octanol–water partition coefficient (Wildman–Crippen LogP) is 3.06. The summed E-state index contributed by atoms with van der Waals surface area (Å²) < 4.78 is 10.6. The van der Waals surface area contributed by atoms with Crippen LogP contribution in [0.4, 0.5) is 11.4 Å². The van der Waals surface area contributed by atoms with E-state index in [4.69, 9.17) is 21.1 Å². The number of carbonyl (C=O) groups is 2. The Morgan fingerprint density at radius 2 is 1.92 bits per heavy atom. The van der Waals surface area contributed by atoms with Gasteiger partial charge in [0.15, 0.2) is 11.5 Å². The van der Waals surface area contributed by atoms with Crippen molar-refractivity contribution in [2.75, 3.05) is 23.6 Å². The van der Waals surface area contributed by atoms with Gasteiger partial charge in [0.05, 0.1) is 10.7 Å². The Kier molecular flexibility index (Phi) is 4.57. The number of benzene rings is 2. The Balaban J connectivity index is 1.76. The molecule has 1 aliphatic rings. The van der Waals surface area contributed by atoms with E-state index in [0.717, 1.165) is 0 Å². The Hall–Kier alpha value is -2.73. The zero-order valence-corrected chi connectivity index (χ0v) is 13.7. The van der Waals surface area contributed by atoms with E-state index in [0.29, 0.717) is 27.9 Å². The van der Waals surface area contributed by atoms with E-state index in [2.05, 4.69) is 5.32 Å². The van der Waals surface area contributed by atoms with Gasteiger partial charge in [0.1, 0.15) is 6.54 Å². The van der Waals surface area contributed by atoms with Crippen molar-refractivity contribution in [3.8, 4) is 11.5 Å². The number of anilines is 2. The molecule has 0 saturated heterocycles. The molecule has 0 fully saturated rings. The van der Waals surface area contributed by atoms with E-state index in [1.165, 1.54) is 11.8 Å². The SMILES string of the molecule is CC(=O)N(CC(=O)Nc1ccccc1Cl)c1ccc2c(c1)OCO2. The molecule has 0 radical (unpaired) electrons. The molecule has 0 bridgehead atoms. The molecule has 3 rings (SSSR count). The summed E-state index contributed by atoms with van der Waals surface area (Å²) in [6.07, 6.45) is 0. The summed E-state index contributed by atoms with van der Waals surface area (Å²) in [5.74, 6) is 0.548. The van der Waals surface area contributed by atoms with Gasteiger partial charge in [0, 0.05) is 18.7 Å². The fourth-order valence-electron chi connectivity index (χ4n) is 2.33. The minimum atomic E-state index is -0.351. The Bertz CT molecular complexity index is 794. The van der Waals surface area contributed by atoms with Crippen LogP contribution in [-0.2, 0) is 9.59 Å². The van der Waals surface area contributed by atoms with Crippen molar-refractivity contribution in [1.82, 2.24) is 0 Å². The van der Waals surface area contributed by atoms with Crippen molar-refractivity contribution in [3.05, 3.63) is 47.5 Å². The second kappa shape index (κ2) is 6.80. The molecular weight excluding hydrogens is 332 g/mol. The van der Waals surface area contributed by atoms with Gasteiger partial charge in [-0.2, -0.15) is 0 Å². The highest BCUT2D eigenvalue weighted by atomic mass is 35.5. The molecule has 1 heterocycles. The Morgan fingerprint density at radius 1 is 1.17 bits per heavy atom. The maximum absolute atomic E-state index is 12.3. The molecule has 0 aliphatic carbocycles. The molecular formula is C17H15ClN2O4. The fourth-order valence-corrected chi connectivity index (χ4v) is 2.52. The molecule has 0 atom stereocenters. The lowest BCUT2D eigenvalue weighted by atomic mass is 10.2. The first kappa shape index (κ1) is 16.1. The predicted molar refractivity (Wildman–Crippen MR) is 90.7 cm³/mol. The quantitative estimate of drug-likeness (QED) is 0.923. The molecule has 0 aromatic heterocycles. The van der Waals surface area contributed by atoms with Gasteiger partial charge in [-0.1, -0.05) is 23.7 Å². The van der Waals surface area contributed by atoms with Crippen LogP contribution >= 0.6 is 11.6 Å². The van der Waals surface area contributed by atoms with E-state index in [1.54, 1.807) is 42.5 Å². The summed E-state index contributed by atoms with van der Waals surface area (Å²) >= 11 is 6.02. The van der Waals surface area contributed by atoms with Crippen LogP contribution in [0.3, 0.4) is 0 Å². The highest BCUT2D eigenvalue weighted by Gasteiger charge is 2.20. The van der Waals surface area contributed by atoms with Crippen molar-refractivity contribution in [1.29, 1.82) is 0 Å².